The first-order chi connectivity index (χ1) is 14.7. The minimum atomic E-state index is -0.184. The molecule has 4 rings (SSSR count). The van der Waals surface area contributed by atoms with Gasteiger partial charge in [0.2, 0.25) is 11.3 Å². The number of nitrogens with zero attached hydrogens (tertiary/aromatic N) is 2. The molecule has 0 unspecified atom stereocenters. The van der Waals surface area contributed by atoms with Gasteiger partial charge in [-0.25, -0.2) is 0 Å². The van der Waals surface area contributed by atoms with E-state index in [4.69, 9.17) is 9.15 Å². The Labute approximate surface area is 172 Å². The molecule has 7 nitrogen and oxygen atoms in total. The van der Waals surface area contributed by atoms with Crippen LogP contribution < -0.4 is 10.7 Å². The molecule has 30 heavy (non-hydrogen) atoms. The third kappa shape index (κ3) is 4.82. The van der Waals surface area contributed by atoms with Crippen molar-refractivity contribution in [3.8, 4) is 0 Å². The molecule has 0 fully saturated rings. The Bertz CT molecular complexity index is 1200. The van der Waals surface area contributed by atoms with Crippen molar-refractivity contribution in [2.45, 2.75) is 26.3 Å². The van der Waals surface area contributed by atoms with Gasteiger partial charge in [-0.05, 0) is 35.4 Å². The van der Waals surface area contributed by atoms with Crippen LogP contribution in [-0.2, 0) is 35.8 Å². The van der Waals surface area contributed by atoms with Crippen LogP contribution in [0.25, 0.3) is 10.9 Å². The third-order valence-corrected chi connectivity index (χ3v) is 4.63. The van der Waals surface area contributed by atoms with Gasteiger partial charge in [-0.3, -0.25) is 14.3 Å². The highest BCUT2D eigenvalue weighted by Crippen LogP contribution is 2.10. The maximum Gasteiger partial charge on any atom is 0.242 e. The summed E-state index contributed by atoms with van der Waals surface area (Å²) in [5, 5.41) is 7.53. The van der Waals surface area contributed by atoms with Gasteiger partial charge in [-0.15, -0.1) is 0 Å². The predicted molar refractivity (Wildman–Crippen MR) is 111 cm³/mol. The molecule has 1 N–H and O–H groups in total. The van der Waals surface area contributed by atoms with Gasteiger partial charge in [0.25, 0.3) is 0 Å². The Balaban J connectivity index is 1.33. The highest BCUT2D eigenvalue weighted by Gasteiger charge is 2.08. The van der Waals surface area contributed by atoms with Crippen LogP contribution in [-0.4, -0.2) is 15.7 Å². The first kappa shape index (κ1) is 19.6. The fraction of sp³-hybridized carbons (Fsp3) is 0.174. The fourth-order valence-corrected chi connectivity index (χ4v) is 3.17. The number of carbonyl (C=O) groups excluding carboxylic acids is 1. The molecule has 0 bridgehead atoms. The first-order valence-electron chi connectivity index (χ1n) is 9.58. The highest BCUT2D eigenvalue weighted by molar-refractivity contribution is 5.81. The fourth-order valence-electron chi connectivity index (χ4n) is 3.17. The summed E-state index contributed by atoms with van der Waals surface area (Å²) in [5.74, 6) is 0.595. The lowest BCUT2D eigenvalue weighted by Crippen LogP contribution is -2.28. The Hall–Kier alpha value is -3.71. The van der Waals surface area contributed by atoms with Gasteiger partial charge in [0, 0.05) is 11.9 Å². The van der Waals surface area contributed by atoms with Gasteiger partial charge >= 0.3 is 0 Å². The molecule has 7 heteroatoms. The van der Waals surface area contributed by atoms with Crippen LogP contribution in [0.2, 0.25) is 0 Å². The number of carbonyl (C=O) groups is 1. The Morgan fingerprint density at radius 3 is 2.77 bits per heavy atom. The summed E-state index contributed by atoms with van der Waals surface area (Å²) in [6.07, 6.45) is 2.86. The smallest absolute Gasteiger partial charge is 0.242 e. The van der Waals surface area contributed by atoms with Crippen molar-refractivity contribution in [3.63, 3.8) is 0 Å². The second kappa shape index (κ2) is 9.19. The number of aromatic nitrogens is 2. The predicted octanol–water partition coefficient (Wildman–Crippen LogP) is 3.02. The summed E-state index contributed by atoms with van der Waals surface area (Å²) in [6.45, 7) is 1.29. The number of benzene rings is 2. The zero-order chi connectivity index (χ0) is 20.8. The van der Waals surface area contributed by atoms with Crippen LogP contribution in [0, 0.1) is 0 Å². The van der Waals surface area contributed by atoms with E-state index in [1.165, 1.54) is 10.9 Å². The molecule has 1 amide bonds. The van der Waals surface area contributed by atoms with E-state index >= 15 is 0 Å². The molecule has 0 aliphatic carbocycles. The van der Waals surface area contributed by atoms with E-state index < -0.39 is 0 Å². The lowest BCUT2D eigenvalue weighted by molar-refractivity contribution is -0.121. The average Bonchev–Trinajstić information content (AvgIpc) is 3.28. The molecule has 2 aromatic heterocycles. The molecule has 0 saturated carbocycles. The molecule has 0 aliphatic rings. The first-order valence-corrected chi connectivity index (χ1v) is 9.58. The van der Waals surface area contributed by atoms with E-state index in [-0.39, 0.29) is 17.9 Å². The molecule has 152 valence electrons. The van der Waals surface area contributed by atoms with Crippen molar-refractivity contribution in [3.05, 3.63) is 100 Å². The normalized spacial score (nSPS) is 10.9. The lowest BCUT2D eigenvalue weighted by atomic mass is 10.1. The van der Waals surface area contributed by atoms with E-state index in [0.717, 1.165) is 16.9 Å². The van der Waals surface area contributed by atoms with Crippen molar-refractivity contribution >= 4 is 16.8 Å². The van der Waals surface area contributed by atoms with Crippen molar-refractivity contribution in [2.75, 3.05) is 0 Å². The Kier molecular flexibility index (Phi) is 6.01. The highest BCUT2D eigenvalue weighted by atomic mass is 16.5. The zero-order valence-corrected chi connectivity index (χ0v) is 16.3. The largest absolute Gasteiger partial charge is 0.467 e. The number of hydrogen-bond acceptors (Lipinski definition) is 5. The number of hydrogen-bond donors (Lipinski definition) is 1. The molecule has 0 aliphatic heterocycles. The summed E-state index contributed by atoms with van der Waals surface area (Å²) in [4.78, 5) is 24.3. The summed E-state index contributed by atoms with van der Waals surface area (Å²) < 4.78 is 12.4. The topological polar surface area (TPSA) is 86.4 Å². The summed E-state index contributed by atoms with van der Waals surface area (Å²) in [7, 11) is 0. The van der Waals surface area contributed by atoms with Crippen LogP contribution >= 0.6 is 0 Å². The summed E-state index contributed by atoms with van der Waals surface area (Å²) >= 11 is 0. The zero-order valence-electron chi connectivity index (χ0n) is 16.3. The lowest BCUT2D eigenvalue weighted by Gasteiger charge is -2.10. The molecular formula is C23H21N3O4. The number of furan rings is 1. The quantitative estimate of drug-likeness (QED) is 0.489. The summed E-state index contributed by atoms with van der Waals surface area (Å²) in [5.41, 5.74) is 2.46. The van der Waals surface area contributed by atoms with Crippen LogP contribution in [0.15, 0.2) is 82.3 Å². The number of para-hydroxylation sites is 1. The number of rotatable bonds is 8. The van der Waals surface area contributed by atoms with Crippen LogP contribution in [0.4, 0.5) is 0 Å². The molecule has 0 radical (unpaired) electrons. The Morgan fingerprint density at radius 1 is 1.03 bits per heavy atom. The van der Waals surface area contributed by atoms with Gasteiger partial charge in [0.1, 0.15) is 18.9 Å². The van der Waals surface area contributed by atoms with Gasteiger partial charge in [-0.2, -0.15) is 5.10 Å². The number of amides is 1. The summed E-state index contributed by atoms with van der Waals surface area (Å²) in [6, 6.07) is 18.7. The van der Waals surface area contributed by atoms with Crippen LogP contribution in [0.5, 0.6) is 0 Å². The molecule has 0 atom stereocenters. The van der Waals surface area contributed by atoms with Gasteiger partial charge in [0.05, 0.1) is 24.6 Å². The molecule has 0 saturated heterocycles. The van der Waals surface area contributed by atoms with Crippen molar-refractivity contribution in [1.82, 2.24) is 15.1 Å². The molecule has 4 aromatic rings. The average molecular weight is 403 g/mol. The molecule has 0 spiro atoms. The standard InChI is InChI=1S/C23H21N3O4/c27-22-13-25-26(21-9-2-1-8-20(21)22)14-23(28)24-12-17-5-3-6-18(11-17)15-29-16-19-7-4-10-30-19/h1-11,13H,12,14-16H2,(H,24,28). The van der Waals surface area contributed by atoms with Crippen molar-refractivity contribution < 1.29 is 13.9 Å². The van der Waals surface area contributed by atoms with Crippen molar-refractivity contribution in [2.24, 2.45) is 0 Å². The number of nitrogens with one attached hydrogen (secondary N) is 1. The van der Waals surface area contributed by atoms with E-state index in [0.29, 0.717) is 30.7 Å². The second-order valence-electron chi connectivity index (χ2n) is 6.85. The van der Waals surface area contributed by atoms with E-state index in [1.54, 1.807) is 24.5 Å². The monoisotopic (exact) mass is 403 g/mol. The van der Waals surface area contributed by atoms with Gasteiger partial charge < -0.3 is 14.5 Å². The number of fused-ring (bicyclic) bond motifs is 1. The minimum Gasteiger partial charge on any atom is -0.467 e. The second-order valence-corrected chi connectivity index (χ2v) is 6.85. The molecule has 2 heterocycles. The van der Waals surface area contributed by atoms with E-state index in [1.807, 2.05) is 42.5 Å². The molecular weight excluding hydrogens is 382 g/mol. The van der Waals surface area contributed by atoms with Gasteiger partial charge in [-0.1, -0.05) is 36.4 Å². The van der Waals surface area contributed by atoms with E-state index in [2.05, 4.69) is 10.4 Å². The number of ether oxygens (including phenoxy) is 1. The van der Waals surface area contributed by atoms with Crippen LogP contribution in [0.3, 0.4) is 0 Å². The van der Waals surface area contributed by atoms with Crippen LogP contribution in [0.1, 0.15) is 16.9 Å². The minimum absolute atomic E-state index is 0.0345. The molecule has 2 aromatic carbocycles. The van der Waals surface area contributed by atoms with E-state index in [9.17, 15) is 9.59 Å². The Morgan fingerprint density at radius 2 is 1.90 bits per heavy atom. The third-order valence-electron chi connectivity index (χ3n) is 4.63. The van der Waals surface area contributed by atoms with Crippen molar-refractivity contribution in [1.29, 1.82) is 0 Å². The maximum absolute atomic E-state index is 12.4. The van der Waals surface area contributed by atoms with Gasteiger partial charge in [0.15, 0.2) is 0 Å². The maximum atomic E-state index is 12.4. The SMILES string of the molecule is O=C(Cn1ncc(=O)c2ccccc21)NCc1cccc(COCc2ccco2)c1.